The molecule has 0 aliphatic rings. The molecular weight excluding hydrogens is 152 g/mol. The summed E-state index contributed by atoms with van der Waals surface area (Å²) >= 11 is 0. The van der Waals surface area contributed by atoms with E-state index in [1.54, 1.807) is 0 Å². The van der Waals surface area contributed by atoms with Gasteiger partial charge in [0, 0.05) is 0 Å². The third kappa shape index (κ3) is 2.26. The second kappa shape index (κ2) is 4.14. The number of nitrogen functional groups attached to an aromatic ring is 1. The summed E-state index contributed by atoms with van der Waals surface area (Å²) in [4.78, 5) is 4.09. The summed E-state index contributed by atoms with van der Waals surface area (Å²) in [5.74, 6) is 0.864. The summed E-state index contributed by atoms with van der Waals surface area (Å²) in [5.41, 5.74) is 6.42. The van der Waals surface area contributed by atoms with Crippen LogP contribution < -0.4 is 5.73 Å². The molecule has 0 aliphatic carbocycles. The smallest absolute Gasteiger partial charge is 0.292 e. The summed E-state index contributed by atoms with van der Waals surface area (Å²) in [6, 6.07) is 0.291. The van der Waals surface area contributed by atoms with E-state index >= 15 is 0 Å². The minimum Gasteiger partial charge on any atom is -0.429 e. The van der Waals surface area contributed by atoms with E-state index in [2.05, 4.69) is 11.9 Å². The predicted octanol–water partition coefficient (Wildman–Crippen LogP) is 2.30. The molecule has 0 bridgehead atoms. The first-order valence-electron chi connectivity index (χ1n) is 4.45. The molecule has 0 fully saturated rings. The molecule has 0 spiro atoms. The second-order valence-corrected chi connectivity index (χ2v) is 3.01. The first-order chi connectivity index (χ1) is 5.74. The molecule has 3 heteroatoms. The lowest BCUT2D eigenvalue weighted by molar-refractivity contribution is 0.543. The average molecular weight is 168 g/mol. The zero-order chi connectivity index (χ0) is 8.97. The number of aryl methyl sites for hydroxylation is 2. The molecule has 0 saturated heterocycles. The van der Waals surface area contributed by atoms with Crippen LogP contribution in [0.3, 0.4) is 0 Å². The molecule has 0 aliphatic heterocycles. The number of nitrogens with two attached hydrogens (primary N) is 1. The molecule has 2 N–H and O–H groups in total. The highest BCUT2D eigenvalue weighted by atomic mass is 16.4. The van der Waals surface area contributed by atoms with Crippen LogP contribution in [-0.4, -0.2) is 4.98 Å². The maximum Gasteiger partial charge on any atom is 0.292 e. The van der Waals surface area contributed by atoms with Gasteiger partial charge in [0.1, 0.15) is 5.76 Å². The Kier molecular flexibility index (Phi) is 3.14. The van der Waals surface area contributed by atoms with E-state index in [1.807, 2.05) is 6.92 Å². The van der Waals surface area contributed by atoms with E-state index in [9.17, 15) is 0 Å². The molecule has 1 aromatic heterocycles. The van der Waals surface area contributed by atoms with Crippen molar-refractivity contribution in [3.05, 3.63) is 11.5 Å². The fourth-order valence-electron chi connectivity index (χ4n) is 1.22. The van der Waals surface area contributed by atoms with Gasteiger partial charge < -0.3 is 10.2 Å². The molecule has 1 rings (SSSR count). The monoisotopic (exact) mass is 168 g/mol. The minimum atomic E-state index is 0.291. The van der Waals surface area contributed by atoms with E-state index in [-0.39, 0.29) is 0 Å². The molecule has 68 valence electrons. The van der Waals surface area contributed by atoms with Crippen molar-refractivity contribution in [2.24, 2.45) is 0 Å². The highest BCUT2D eigenvalue weighted by Crippen LogP contribution is 2.13. The van der Waals surface area contributed by atoms with Gasteiger partial charge in [0.05, 0.1) is 5.69 Å². The molecule has 0 aromatic carbocycles. The van der Waals surface area contributed by atoms with Crippen LogP contribution >= 0.6 is 0 Å². The summed E-state index contributed by atoms with van der Waals surface area (Å²) in [6.07, 6.45) is 4.63. The lowest BCUT2D eigenvalue weighted by Crippen LogP contribution is -1.89. The maximum atomic E-state index is 5.41. The van der Waals surface area contributed by atoms with Crippen molar-refractivity contribution in [1.82, 2.24) is 4.98 Å². The predicted molar refractivity (Wildman–Crippen MR) is 48.9 cm³/mol. The van der Waals surface area contributed by atoms with Gasteiger partial charge in [-0.3, -0.25) is 0 Å². The van der Waals surface area contributed by atoms with Crippen molar-refractivity contribution in [2.45, 2.75) is 39.5 Å². The van der Waals surface area contributed by atoms with Crippen LogP contribution in [0.5, 0.6) is 0 Å². The standard InChI is InChI=1S/C9H16N2O/c1-3-4-5-6-8-7(2)12-9(10)11-8/h3-6H2,1-2H3,(H2,10,11). The third-order valence-corrected chi connectivity index (χ3v) is 1.93. The Hall–Kier alpha value is -0.990. The van der Waals surface area contributed by atoms with Gasteiger partial charge in [-0.2, -0.15) is 4.98 Å². The molecule has 1 heterocycles. The molecule has 0 atom stereocenters. The van der Waals surface area contributed by atoms with Crippen LogP contribution in [0.25, 0.3) is 0 Å². The van der Waals surface area contributed by atoms with Gasteiger partial charge in [0.15, 0.2) is 0 Å². The molecular formula is C9H16N2O. The quantitative estimate of drug-likeness (QED) is 0.702. The Balaban J connectivity index is 2.45. The lowest BCUT2D eigenvalue weighted by Gasteiger charge is -1.94. The second-order valence-electron chi connectivity index (χ2n) is 3.01. The number of rotatable bonds is 4. The van der Waals surface area contributed by atoms with Crippen molar-refractivity contribution < 1.29 is 4.42 Å². The molecule has 12 heavy (non-hydrogen) atoms. The van der Waals surface area contributed by atoms with E-state index < -0.39 is 0 Å². The van der Waals surface area contributed by atoms with Crippen LogP contribution in [-0.2, 0) is 6.42 Å². The van der Waals surface area contributed by atoms with E-state index in [1.165, 1.54) is 19.3 Å². The fourth-order valence-corrected chi connectivity index (χ4v) is 1.22. The zero-order valence-corrected chi connectivity index (χ0v) is 7.76. The lowest BCUT2D eigenvalue weighted by atomic mass is 10.1. The Morgan fingerprint density at radius 3 is 2.67 bits per heavy atom. The SMILES string of the molecule is CCCCCc1nc(N)oc1C. The van der Waals surface area contributed by atoms with E-state index in [0.717, 1.165) is 17.9 Å². The number of anilines is 1. The van der Waals surface area contributed by atoms with Gasteiger partial charge in [-0.05, 0) is 19.8 Å². The zero-order valence-electron chi connectivity index (χ0n) is 7.76. The Bertz CT molecular complexity index is 243. The van der Waals surface area contributed by atoms with Gasteiger partial charge in [-0.15, -0.1) is 0 Å². The highest BCUT2D eigenvalue weighted by molar-refractivity contribution is 5.18. The van der Waals surface area contributed by atoms with Gasteiger partial charge >= 0.3 is 0 Å². The van der Waals surface area contributed by atoms with E-state index in [0.29, 0.717) is 6.01 Å². The van der Waals surface area contributed by atoms with Crippen LogP contribution in [0.4, 0.5) is 6.01 Å². The third-order valence-electron chi connectivity index (χ3n) is 1.93. The molecule has 0 saturated carbocycles. The van der Waals surface area contributed by atoms with Crippen molar-refractivity contribution in [3.8, 4) is 0 Å². The summed E-state index contributed by atoms with van der Waals surface area (Å²) in [7, 11) is 0. The van der Waals surface area contributed by atoms with Crippen LogP contribution in [0, 0.1) is 6.92 Å². The molecule has 3 nitrogen and oxygen atoms in total. The summed E-state index contributed by atoms with van der Waals surface area (Å²) in [6.45, 7) is 4.09. The van der Waals surface area contributed by atoms with Crippen molar-refractivity contribution in [1.29, 1.82) is 0 Å². The van der Waals surface area contributed by atoms with Crippen LogP contribution in [0.15, 0.2) is 4.42 Å². The van der Waals surface area contributed by atoms with Crippen LogP contribution in [0.1, 0.15) is 37.6 Å². The normalized spacial score (nSPS) is 10.5. The van der Waals surface area contributed by atoms with Gasteiger partial charge in [0.2, 0.25) is 0 Å². The molecule has 0 amide bonds. The highest BCUT2D eigenvalue weighted by Gasteiger charge is 2.05. The first kappa shape index (κ1) is 9.10. The van der Waals surface area contributed by atoms with Gasteiger partial charge in [-0.25, -0.2) is 0 Å². The summed E-state index contributed by atoms with van der Waals surface area (Å²) < 4.78 is 5.11. The van der Waals surface area contributed by atoms with Gasteiger partial charge in [0.25, 0.3) is 6.01 Å². The Labute approximate surface area is 73.0 Å². The minimum absolute atomic E-state index is 0.291. The number of oxazole rings is 1. The number of unbranched alkanes of at least 4 members (excludes halogenated alkanes) is 2. The Morgan fingerprint density at radius 1 is 1.42 bits per heavy atom. The Morgan fingerprint density at radius 2 is 2.17 bits per heavy atom. The number of hydrogen-bond acceptors (Lipinski definition) is 3. The van der Waals surface area contributed by atoms with Crippen molar-refractivity contribution in [3.63, 3.8) is 0 Å². The number of hydrogen-bond donors (Lipinski definition) is 1. The van der Waals surface area contributed by atoms with Crippen LogP contribution in [0.2, 0.25) is 0 Å². The first-order valence-corrected chi connectivity index (χ1v) is 4.45. The number of nitrogens with zero attached hydrogens (tertiary/aromatic N) is 1. The molecule has 0 unspecified atom stereocenters. The average Bonchev–Trinajstić information content (AvgIpc) is 2.31. The molecule has 1 aromatic rings. The van der Waals surface area contributed by atoms with Gasteiger partial charge in [-0.1, -0.05) is 19.8 Å². The van der Waals surface area contributed by atoms with Crippen molar-refractivity contribution >= 4 is 6.01 Å². The van der Waals surface area contributed by atoms with E-state index in [4.69, 9.17) is 10.2 Å². The fraction of sp³-hybridized carbons (Fsp3) is 0.667. The van der Waals surface area contributed by atoms with Crippen molar-refractivity contribution in [2.75, 3.05) is 5.73 Å². The topological polar surface area (TPSA) is 52.0 Å². The number of aromatic nitrogens is 1. The maximum absolute atomic E-state index is 5.41. The largest absolute Gasteiger partial charge is 0.429 e. The molecule has 0 radical (unpaired) electrons. The summed E-state index contributed by atoms with van der Waals surface area (Å²) in [5, 5.41) is 0.